The van der Waals surface area contributed by atoms with Crippen molar-refractivity contribution in [2.45, 2.75) is 52.1 Å². The number of carbonyl (C=O) groups excluding carboxylic acids is 2. The fourth-order valence-electron chi connectivity index (χ4n) is 3.10. The molecule has 5 nitrogen and oxygen atoms in total. The molecule has 0 aromatic heterocycles. The van der Waals surface area contributed by atoms with E-state index in [0.29, 0.717) is 18.9 Å². The van der Waals surface area contributed by atoms with Crippen LogP contribution >= 0.6 is 0 Å². The van der Waals surface area contributed by atoms with Gasteiger partial charge in [0, 0.05) is 19.5 Å². The first-order valence-corrected chi connectivity index (χ1v) is 9.30. The van der Waals surface area contributed by atoms with Crippen LogP contribution in [0.1, 0.15) is 51.0 Å². The SMILES string of the molecule is CCOC(=O)C(=O)CCCCC1CCN(OCc2ccccc2)CC1. The number of piperidine rings is 1. The van der Waals surface area contributed by atoms with Crippen LogP contribution in [0.4, 0.5) is 0 Å². The Morgan fingerprint density at radius 1 is 1.12 bits per heavy atom. The highest BCUT2D eigenvalue weighted by molar-refractivity contribution is 6.33. The van der Waals surface area contributed by atoms with Gasteiger partial charge in [0.05, 0.1) is 13.2 Å². The zero-order chi connectivity index (χ0) is 17.9. The number of ether oxygens (including phenoxy) is 1. The molecule has 0 unspecified atom stereocenters. The zero-order valence-corrected chi connectivity index (χ0v) is 15.1. The average Bonchev–Trinajstić information content (AvgIpc) is 2.65. The third kappa shape index (κ3) is 7.36. The number of ketones is 1. The molecule has 0 N–H and O–H groups in total. The number of Topliss-reactive ketones (excluding diaryl/α,β-unsaturated/α-hetero) is 1. The summed E-state index contributed by atoms with van der Waals surface area (Å²) in [7, 11) is 0. The maximum atomic E-state index is 11.5. The van der Waals surface area contributed by atoms with Crippen molar-refractivity contribution >= 4 is 11.8 Å². The number of nitrogens with zero attached hydrogens (tertiary/aromatic N) is 1. The molecule has 1 aliphatic rings. The Labute approximate surface area is 150 Å². The standard InChI is InChI=1S/C20H29NO4/c1-2-24-20(23)19(22)11-7-6-8-17-12-14-21(15-13-17)25-16-18-9-4-3-5-10-18/h3-5,9-10,17H,2,6-8,11-16H2,1H3. The molecular weight excluding hydrogens is 318 g/mol. The minimum atomic E-state index is -0.689. The van der Waals surface area contributed by atoms with Crippen molar-refractivity contribution in [1.82, 2.24) is 5.06 Å². The van der Waals surface area contributed by atoms with Crippen LogP contribution in [0.3, 0.4) is 0 Å². The van der Waals surface area contributed by atoms with E-state index in [4.69, 9.17) is 9.57 Å². The Morgan fingerprint density at radius 2 is 1.84 bits per heavy atom. The van der Waals surface area contributed by atoms with Gasteiger partial charge in [0.1, 0.15) is 0 Å². The van der Waals surface area contributed by atoms with Gasteiger partial charge < -0.3 is 4.74 Å². The quantitative estimate of drug-likeness (QED) is 0.368. The van der Waals surface area contributed by atoms with E-state index < -0.39 is 11.8 Å². The normalized spacial score (nSPS) is 15.9. The molecule has 0 spiro atoms. The van der Waals surface area contributed by atoms with Crippen LogP contribution in [0.25, 0.3) is 0 Å². The van der Waals surface area contributed by atoms with E-state index in [1.165, 1.54) is 5.56 Å². The summed E-state index contributed by atoms with van der Waals surface area (Å²) in [5.41, 5.74) is 1.19. The minimum absolute atomic E-state index is 0.259. The molecule has 138 valence electrons. The number of unbranched alkanes of at least 4 members (excludes halogenated alkanes) is 1. The van der Waals surface area contributed by atoms with Gasteiger partial charge in [-0.05, 0) is 37.7 Å². The Hall–Kier alpha value is -1.72. The minimum Gasteiger partial charge on any atom is -0.460 e. The summed E-state index contributed by atoms with van der Waals surface area (Å²) in [5, 5.41) is 2.06. The van der Waals surface area contributed by atoms with Gasteiger partial charge in [-0.25, -0.2) is 4.79 Å². The van der Waals surface area contributed by atoms with E-state index in [2.05, 4.69) is 17.2 Å². The summed E-state index contributed by atoms with van der Waals surface area (Å²) >= 11 is 0. The van der Waals surface area contributed by atoms with Gasteiger partial charge in [-0.1, -0.05) is 43.2 Å². The molecule has 1 aliphatic heterocycles. The first-order chi connectivity index (χ1) is 12.2. The summed E-state index contributed by atoms with van der Waals surface area (Å²) in [6.07, 6.45) is 5.42. The summed E-state index contributed by atoms with van der Waals surface area (Å²) in [5.74, 6) is -0.397. The lowest BCUT2D eigenvalue weighted by atomic mass is 9.92. The molecule has 0 bridgehead atoms. The first kappa shape index (κ1) is 19.6. The molecular formula is C20H29NO4. The highest BCUT2D eigenvalue weighted by Gasteiger charge is 2.20. The molecule has 1 saturated heterocycles. The van der Waals surface area contributed by atoms with Gasteiger partial charge in [-0.15, -0.1) is 0 Å². The summed E-state index contributed by atoms with van der Waals surface area (Å²) in [6, 6.07) is 10.2. The molecule has 0 amide bonds. The van der Waals surface area contributed by atoms with Gasteiger partial charge in [-0.3, -0.25) is 9.63 Å². The van der Waals surface area contributed by atoms with Gasteiger partial charge >= 0.3 is 5.97 Å². The summed E-state index contributed by atoms with van der Waals surface area (Å²) in [6.45, 7) is 4.51. The average molecular weight is 347 g/mol. The van der Waals surface area contributed by atoms with Gasteiger partial charge in [0.2, 0.25) is 5.78 Å². The number of esters is 1. The maximum Gasteiger partial charge on any atom is 0.374 e. The third-order valence-electron chi connectivity index (χ3n) is 4.60. The summed E-state index contributed by atoms with van der Waals surface area (Å²) < 4.78 is 4.71. The fraction of sp³-hybridized carbons (Fsp3) is 0.600. The van der Waals surface area contributed by atoms with Crippen LogP contribution in [0.15, 0.2) is 30.3 Å². The number of hydrogen-bond donors (Lipinski definition) is 0. The lowest BCUT2D eigenvalue weighted by molar-refractivity contribution is -0.184. The number of benzene rings is 1. The molecule has 0 radical (unpaired) electrons. The van der Waals surface area contributed by atoms with Crippen molar-refractivity contribution in [3.8, 4) is 0 Å². The van der Waals surface area contributed by atoms with Crippen LogP contribution in [0, 0.1) is 5.92 Å². The molecule has 5 heteroatoms. The molecule has 1 heterocycles. The van der Waals surface area contributed by atoms with E-state index in [-0.39, 0.29) is 6.61 Å². The van der Waals surface area contributed by atoms with E-state index in [1.54, 1.807) is 6.92 Å². The van der Waals surface area contributed by atoms with Crippen molar-refractivity contribution in [2.24, 2.45) is 5.92 Å². The van der Waals surface area contributed by atoms with Crippen molar-refractivity contribution in [3.05, 3.63) is 35.9 Å². The molecule has 1 fully saturated rings. The van der Waals surface area contributed by atoms with Crippen molar-refractivity contribution in [3.63, 3.8) is 0 Å². The van der Waals surface area contributed by atoms with Crippen molar-refractivity contribution in [1.29, 1.82) is 0 Å². The van der Waals surface area contributed by atoms with Crippen molar-refractivity contribution in [2.75, 3.05) is 19.7 Å². The van der Waals surface area contributed by atoms with Crippen LogP contribution in [0.2, 0.25) is 0 Å². The zero-order valence-electron chi connectivity index (χ0n) is 15.1. The number of carbonyl (C=O) groups is 2. The van der Waals surface area contributed by atoms with E-state index in [0.717, 1.165) is 45.2 Å². The largest absolute Gasteiger partial charge is 0.460 e. The molecule has 0 saturated carbocycles. The van der Waals surface area contributed by atoms with Crippen LogP contribution < -0.4 is 0 Å². The van der Waals surface area contributed by atoms with Crippen molar-refractivity contribution < 1.29 is 19.2 Å². The lowest BCUT2D eigenvalue weighted by Crippen LogP contribution is -2.33. The molecule has 2 rings (SSSR count). The number of hydroxylamine groups is 2. The molecule has 1 aromatic carbocycles. The predicted octanol–water partition coefficient (Wildman–Crippen LogP) is 3.52. The predicted molar refractivity (Wildman–Crippen MR) is 95.6 cm³/mol. The second-order valence-electron chi connectivity index (χ2n) is 6.52. The fourth-order valence-corrected chi connectivity index (χ4v) is 3.10. The number of rotatable bonds is 10. The molecule has 25 heavy (non-hydrogen) atoms. The molecule has 0 aliphatic carbocycles. The number of hydrogen-bond acceptors (Lipinski definition) is 5. The molecule has 0 atom stereocenters. The lowest BCUT2D eigenvalue weighted by Gasteiger charge is -2.31. The topological polar surface area (TPSA) is 55.8 Å². The van der Waals surface area contributed by atoms with Gasteiger partial charge in [-0.2, -0.15) is 5.06 Å². The summed E-state index contributed by atoms with van der Waals surface area (Å²) in [4.78, 5) is 28.6. The van der Waals surface area contributed by atoms with E-state index >= 15 is 0 Å². The highest BCUT2D eigenvalue weighted by atomic mass is 16.7. The van der Waals surface area contributed by atoms with Gasteiger partial charge in [0.25, 0.3) is 0 Å². The Bertz CT molecular complexity index is 524. The smallest absolute Gasteiger partial charge is 0.374 e. The Kier molecular flexibility index (Phi) is 8.63. The Morgan fingerprint density at radius 3 is 2.52 bits per heavy atom. The second kappa shape index (κ2) is 11.0. The van der Waals surface area contributed by atoms with Crippen LogP contribution in [-0.4, -0.2) is 36.5 Å². The van der Waals surface area contributed by atoms with E-state index in [1.807, 2.05) is 18.2 Å². The second-order valence-corrected chi connectivity index (χ2v) is 6.52. The maximum absolute atomic E-state index is 11.5. The van der Waals surface area contributed by atoms with Gasteiger partial charge in [0.15, 0.2) is 0 Å². The highest BCUT2D eigenvalue weighted by Crippen LogP contribution is 2.23. The first-order valence-electron chi connectivity index (χ1n) is 9.30. The Balaban J connectivity index is 1.53. The monoisotopic (exact) mass is 347 g/mol. The van der Waals surface area contributed by atoms with Crippen LogP contribution in [0.5, 0.6) is 0 Å². The molecule has 1 aromatic rings. The van der Waals surface area contributed by atoms with Crippen LogP contribution in [-0.2, 0) is 25.8 Å². The van der Waals surface area contributed by atoms with E-state index in [9.17, 15) is 9.59 Å². The third-order valence-corrected chi connectivity index (χ3v) is 4.60.